The fourth-order valence-electron chi connectivity index (χ4n) is 4.31. The molecule has 0 aromatic heterocycles. The highest BCUT2D eigenvalue weighted by Gasteiger charge is 2.35. The van der Waals surface area contributed by atoms with Gasteiger partial charge >= 0.3 is 5.97 Å². The molecule has 9 nitrogen and oxygen atoms in total. The summed E-state index contributed by atoms with van der Waals surface area (Å²) in [5.74, 6) is -2.90. The van der Waals surface area contributed by atoms with Crippen LogP contribution in [0.25, 0.3) is 0 Å². The van der Waals surface area contributed by atoms with E-state index in [1.807, 2.05) is 19.9 Å². The summed E-state index contributed by atoms with van der Waals surface area (Å²) in [7, 11) is 0. The Morgan fingerprint density at radius 1 is 0.868 bits per heavy atom. The summed E-state index contributed by atoms with van der Waals surface area (Å²) in [6, 6.07) is 13.5. The van der Waals surface area contributed by atoms with E-state index < -0.39 is 35.1 Å². The molecule has 1 aliphatic heterocycles. The molecule has 0 radical (unpaired) electrons. The highest BCUT2D eigenvalue weighted by molar-refractivity contribution is 7.81. The first-order valence-electron chi connectivity index (χ1n) is 12.6. The van der Waals surface area contributed by atoms with Gasteiger partial charge < -0.3 is 15.7 Å². The molecule has 0 saturated carbocycles. The minimum atomic E-state index is -1.17. The molecule has 3 N–H and O–H groups in total. The standard InChI is InChI=1S/C28H33N3O6S/c1-17(2)15-21(24(32)30-22(28(36)37)16-18-9-4-3-5-10-18)29-25(33)23(38)13-8-14-31-26(34)19-11-6-7-12-20(19)27(31)35/h3-7,9-12,17,21-23,38H,8,13-16H2,1-2H3,(H,29,33)(H,30,32)(H,36,37)/t21-,22-,23?/m0/s1. The van der Waals surface area contributed by atoms with Crippen molar-refractivity contribution in [1.82, 2.24) is 15.5 Å². The number of fused-ring (bicyclic) bond motifs is 1. The zero-order valence-corrected chi connectivity index (χ0v) is 22.3. The van der Waals surface area contributed by atoms with Crippen LogP contribution in [0, 0.1) is 5.92 Å². The number of amides is 4. The average molecular weight is 540 g/mol. The molecular weight excluding hydrogens is 506 g/mol. The maximum atomic E-state index is 13.0. The Morgan fingerprint density at radius 2 is 1.42 bits per heavy atom. The van der Waals surface area contributed by atoms with Crippen LogP contribution in [0.2, 0.25) is 0 Å². The lowest BCUT2D eigenvalue weighted by Gasteiger charge is -2.24. The number of carbonyl (C=O) groups is 5. The Labute approximate surface area is 227 Å². The predicted molar refractivity (Wildman–Crippen MR) is 145 cm³/mol. The SMILES string of the molecule is CC(C)C[C@H](NC(=O)C(S)CCCN1C(=O)c2ccccc2C1=O)C(=O)N[C@@H](Cc1ccccc1)C(=O)O. The zero-order chi connectivity index (χ0) is 27.8. The molecule has 1 aliphatic rings. The van der Waals surface area contributed by atoms with Crippen LogP contribution in [0.15, 0.2) is 54.6 Å². The molecule has 202 valence electrons. The molecule has 3 atom stereocenters. The highest BCUT2D eigenvalue weighted by atomic mass is 32.1. The van der Waals surface area contributed by atoms with Crippen LogP contribution in [-0.4, -0.2) is 63.5 Å². The molecule has 0 bridgehead atoms. The van der Waals surface area contributed by atoms with Crippen LogP contribution in [-0.2, 0) is 20.8 Å². The van der Waals surface area contributed by atoms with Gasteiger partial charge in [-0.05, 0) is 42.9 Å². The molecule has 0 spiro atoms. The minimum absolute atomic E-state index is 0.0515. The third kappa shape index (κ3) is 7.44. The Bertz CT molecular complexity index is 1150. The van der Waals surface area contributed by atoms with Crippen molar-refractivity contribution in [1.29, 1.82) is 0 Å². The first-order valence-corrected chi connectivity index (χ1v) is 13.1. The van der Waals surface area contributed by atoms with E-state index in [1.165, 1.54) is 0 Å². The maximum absolute atomic E-state index is 13.0. The van der Waals surface area contributed by atoms with Crippen molar-refractivity contribution in [2.45, 2.75) is 56.9 Å². The van der Waals surface area contributed by atoms with E-state index >= 15 is 0 Å². The van der Waals surface area contributed by atoms with Gasteiger partial charge in [0.15, 0.2) is 0 Å². The Kier molecular flexibility index (Phi) is 10.1. The average Bonchev–Trinajstić information content (AvgIpc) is 3.13. The molecule has 2 aromatic carbocycles. The van der Waals surface area contributed by atoms with Gasteiger partial charge in [-0.3, -0.25) is 24.1 Å². The molecular formula is C28H33N3O6S. The van der Waals surface area contributed by atoms with Crippen LogP contribution in [0.3, 0.4) is 0 Å². The number of aliphatic carboxylic acids is 1. The van der Waals surface area contributed by atoms with Crippen molar-refractivity contribution in [2.24, 2.45) is 5.92 Å². The van der Waals surface area contributed by atoms with Gasteiger partial charge in [0, 0.05) is 13.0 Å². The number of rotatable bonds is 13. The number of imide groups is 1. The van der Waals surface area contributed by atoms with Crippen molar-refractivity contribution >= 4 is 42.2 Å². The summed E-state index contributed by atoms with van der Waals surface area (Å²) in [5.41, 5.74) is 1.50. The van der Waals surface area contributed by atoms with Crippen molar-refractivity contribution in [3.05, 3.63) is 71.3 Å². The van der Waals surface area contributed by atoms with Gasteiger partial charge in [-0.1, -0.05) is 56.3 Å². The van der Waals surface area contributed by atoms with Gasteiger partial charge in [0.25, 0.3) is 11.8 Å². The van der Waals surface area contributed by atoms with Crippen LogP contribution in [0.1, 0.15) is 59.4 Å². The van der Waals surface area contributed by atoms with Crippen molar-refractivity contribution in [3.63, 3.8) is 0 Å². The number of carbonyl (C=O) groups excluding carboxylic acids is 4. The number of carboxylic acid groups (broad SMARTS) is 1. The fourth-order valence-corrected chi connectivity index (χ4v) is 4.57. The third-order valence-electron chi connectivity index (χ3n) is 6.28. The Balaban J connectivity index is 1.55. The molecule has 0 saturated heterocycles. The Morgan fingerprint density at radius 3 is 1.97 bits per heavy atom. The molecule has 38 heavy (non-hydrogen) atoms. The van der Waals surface area contributed by atoms with Crippen LogP contribution >= 0.6 is 12.6 Å². The normalized spacial score (nSPS) is 15.1. The first kappa shape index (κ1) is 28.9. The summed E-state index contributed by atoms with van der Waals surface area (Å²) < 4.78 is 0. The molecule has 1 heterocycles. The van der Waals surface area contributed by atoms with E-state index in [9.17, 15) is 29.1 Å². The van der Waals surface area contributed by atoms with Gasteiger partial charge in [-0.15, -0.1) is 0 Å². The van der Waals surface area contributed by atoms with E-state index in [2.05, 4.69) is 23.3 Å². The topological polar surface area (TPSA) is 133 Å². The largest absolute Gasteiger partial charge is 0.480 e. The molecule has 4 amide bonds. The fraction of sp³-hybridized carbons (Fsp3) is 0.393. The van der Waals surface area contributed by atoms with Gasteiger partial charge in [-0.25, -0.2) is 4.79 Å². The van der Waals surface area contributed by atoms with Gasteiger partial charge in [0.1, 0.15) is 12.1 Å². The number of hydrogen-bond donors (Lipinski definition) is 4. The summed E-state index contributed by atoms with van der Waals surface area (Å²) >= 11 is 4.37. The molecule has 2 aromatic rings. The summed E-state index contributed by atoms with van der Waals surface area (Å²) in [6.07, 6.45) is 1.04. The number of carboxylic acids is 1. The lowest BCUT2D eigenvalue weighted by atomic mass is 10.0. The van der Waals surface area contributed by atoms with Gasteiger partial charge in [-0.2, -0.15) is 12.6 Å². The molecule has 0 aliphatic carbocycles. The maximum Gasteiger partial charge on any atom is 0.326 e. The Hall–Kier alpha value is -3.66. The second kappa shape index (κ2) is 13.2. The van der Waals surface area contributed by atoms with E-state index in [0.29, 0.717) is 24.0 Å². The molecule has 1 unspecified atom stereocenters. The summed E-state index contributed by atoms with van der Waals surface area (Å²) in [6.45, 7) is 3.93. The lowest BCUT2D eigenvalue weighted by molar-refractivity contribution is -0.142. The van der Waals surface area contributed by atoms with Crippen molar-refractivity contribution in [2.75, 3.05) is 6.54 Å². The third-order valence-corrected chi connectivity index (χ3v) is 6.77. The quantitative estimate of drug-likeness (QED) is 0.229. The number of nitrogens with one attached hydrogen (secondary N) is 2. The monoisotopic (exact) mass is 539 g/mol. The van der Waals surface area contributed by atoms with E-state index in [4.69, 9.17) is 0 Å². The van der Waals surface area contributed by atoms with E-state index in [1.54, 1.807) is 48.5 Å². The molecule has 10 heteroatoms. The van der Waals surface area contributed by atoms with Gasteiger partial charge in [0.05, 0.1) is 16.4 Å². The molecule has 0 fully saturated rings. The first-order chi connectivity index (χ1) is 18.1. The van der Waals surface area contributed by atoms with Gasteiger partial charge in [0.2, 0.25) is 11.8 Å². The van der Waals surface area contributed by atoms with E-state index in [0.717, 1.165) is 10.5 Å². The predicted octanol–water partition coefficient (Wildman–Crippen LogP) is 2.70. The summed E-state index contributed by atoms with van der Waals surface area (Å²) in [5, 5.41) is 14.1. The second-order valence-electron chi connectivity index (χ2n) is 9.75. The number of hydrogen-bond acceptors (Lipinski definition) is 6. The highest BCUT2D eigenvalue weighted by Crippen LogP contribution is 2.23. The van der Waals surface area contributed by atoms with Crippen LogP contribution in [0.4, 0.5) is 0 Å². The van der Waals surface area contributed by atoms with Crippen LogP contribution in [0.5, 0.6) is 0 Å². The number of thiol groups is 1. The molecule has 3 rings (SSSR count). The van der Waals surface area contributed by atoms with E-state index in [-0.39, 0.29) is 37.1 Å². The smallest absolute Gasteiger partial charge is 0.326 e. The van der Waals surface area contributed by atoms with Crippen molar-refractivity contribution < 1.29 is 29.1 Å². The number of nitrogens with zero attached hydrogens (tertiary/aromatic N) is 1. The number of benzene rings is 2. The second-order valence-corrected chi connectivity index (χ2v) is 10.4. The van der Waals surface area contributed by atoms with Crippen molar-refractivity contribution in [3.8, 4) is 0 Å². The summed E-state index contributed by atoms with van der Waals surface area (Å²) in [4.78, 5) is 63.8. The minimum Gasteiger partial charge on any atom is -0.480 e. The zero-order valence-electron chi connectivity index (χ0n) is 21.4. The van der Waals surface area contributed by atoms with Crippen LogP contribution < -0.4 is 10.6 Å². The lowest BCUT2D eigenvalue weighted by Crippen LogP contribution is -2.53.